The number of nitrogens with one attached hydrogen (secondary N) is 1. The van der Waals surface area contributed by atoms with E-state index in [9.17, 15) is 0 Å². The van der Waals surface area contributed by atoms with E-state index in [0.717, 1.165) is 31.9 Å². The number of methoxy groups -OCH3 is 2. The zero-order valence-electron chi connectivity index (χ0n) is 12.4. The van der Waals surface area contributed by atoms with Crippen molar-refractivity contribution in [2.24, 2.45) is 5.92 Å². The Morgan fingerprint density at radius 3 is 2.47 bits per heavy atom. The van der Waals surface area contributed by atoms with E-state index < -0.39 is 0 Å². The fraction of sp³-hybridized carbons (Fsp3) is 0.625. The summed E-state index contributed by atoms with van der Waals surface area (Å²) in [6.07, 6.45) is 3.61. The lowest BCUT2D eigenvalue weighted by Crippen LogP contribution is -2.27. The molecule has 3 heteroatoms. The molecule has 0 bridgehead atoms. The first-order valence-electron chi connectivity index (χ1n) is 7.12. The van der Waals surface area contributed by atoms with Crippen molar-refractivity contribution in [1.29, 1.82) is 0 Å². The van der Waals surface area contributed by atoms with Gasteiger partial charge in [-0.05, 0) is 43.0 Å². The summed E-state index contributed by atoms with van der Waals surface area (Å²) in [5.41, 5.74) is 1.38. The Morgan fingerprint density at radius 1 is 1.16 bits per heavy atom. The molecule has 0 saturated heterocycles. The van der Waals surface area contributed by atoms with E-state index in [0.29, 0.717) is 5.92 Å². The maximum absolute atomic E-state index is 5.19. The van der Waals surface area contributed by atoms with Crippen LogP contribution in [0.15, 0.2) is 24.3 Å². The summed E-state index contributed by atoms with van der Waals surface area (Å²) in [5.74, 6) is 1.62. The second kappa shape index (κ2) is 9.82. The first-order valence-corrected chi connectivity index (χ1v) is 7.12. The number of hydrogen-bond acceptors (Lipinski definition) is 3. The maximum Gasteiger partial charge on any atom is 0.118 e. The highest BCUT2D eigenvalue weighted by Gasteiger charge is 2.08. The van der Waals surface area contributed by atoms with Crippen molar-refractivity contribution >= 4 is 0 Å². The summed E-state index contributed by atoms with van der Waals surface area (Å²) in [7, 11) is 3.44. The van der Waals surface area contributed by atoms with Crippen LogP contribution in [-0.2, 0) is 11.2 Å². The molecular formula is C16H27NO2. The summed E-state index contributed by atoms with van der Waals surface area (Å²) in [6, 6.07) is 8.40. The number of hydrogen-bond donors (Lipinski definition) is 1. The van der Waals surface area contributed by atoms with Gasteiger partial charge in [0.05, 0.1) is 13.7 Å². The highest BCUT2D eigenvalue weighted by molar-refractivity contribution is 5.27. The molecule has 1 rings (SSSR count). The van der Waals surface area contributed by atoms with Crippen LogP contribution in [-0.4, -0.2) is 33.9 Å². The molecule has 0 aromatic heterocycles. The third kappa shape index (κ3) is 6.60. The second-order valence-electron chi connectivity index (χ2n) is 4.90. The number of rotatable bonds is 10. The van der Waals surface area contributed by atoms with Crippen molar-refractivity contribution in [2.45, 2.75) is 26.2 Å². The molecule has 19 heavy (non-hydrogen) atoms. The lowest BCUT2D eigenvalue weighted by molar-refractivity contribution is 0.197. The van der Waals surface area contributed by atoms with Gasteiger partial charge in [0.15, 0.2) is 0 Å². The molecule has 0 heterocycles. The summed E-state index contributed by atoms with van der Waals surface area (Å²) < 4.78 is 10.2. The van der Waals surface area contributed by atoms with Crippen molar-refractivity contribution < 1.29 is 9.47 Å². The van der Waals surface area contributed by atoms with Crippen LogP contribution in [0.4, 0.5) is 0 Å². The van der Waals surface area contributed by atoms with E-state index in [2.05, 4.69) is 24.4 Å². The minimum Gasteiger partial charge on any atom is -0.497 e. The van der Waals surface area contributed by atoms with Crippen molar-refractivity contribution in [3.63, 3.8) is 0 Å². The fourth-order valence-electron chi connectivity index (χ4n) is 2.26. The molecule has 0 saturated carbocycles. The zero-order chi connectivity index (χ0) is 13.9. The van der Waals surface area contributed by atoms with E-state index in [1.165, 1.54) is 18.4 Å². The van der Waals surface area contributed by atoms with Gasteiger partial charge in [-0.2, -0.15) is 0 Å². The largest absolute Gasteiger partial charge is 0.497 e. The lowest BCUT2D eigenvalue weighted by atomic mass is 9.95. The van der Waals surface area contributed by atoms with Crippen molar-refractivity contribution in [3.05, 3.63) is 29.8 Å². The predicted molar refractivity (Wildman–Crippen MR) is 79.8 cm³/mol. The van der Waals surface area contributed by atoms with Crippen LogP contribution in [0.1, 0.15) is 25.3 Å². The molecule has 0 aliphatic carbocycles. The SMILES string of the molecule is CCCC(CNCCOC)Cc1ccc(OC)cc1. The Bertz CT molecular complexity index is 324. The molecule has 0 aliphatic rings. The average Bonchev–Trinajstić information content (AvgIpc) is 2.44. The van der Waals surface area contributed by atoms with Crippen LogP contribution in [0, 0.1) is 5.92 Å². The van der Waals surface area contributed by atoms with Crippen LogP contribution >= 0.6 is 0 Å². The molecule has 1 aromatic carbocycles. The lowest BCUT2D eigenvalue weighted by Gasteiger charge is -2.17. The minimum absolute atomic E-state index is 0.690. The van der Waals surface area contributed by atoms with Crippen LogP contribution in [0.3, 0.4) is 0 Å². The van der Waals surface area contributed by atoms with E-state index in [-0.39, 0.29) is 0 Å². The monoisotopic (exact) mass is 265 g/mol. The summed E-state index contributed by atoms with van der Waals surface area (Å²) in [6.45, 7) is 5.01. The summed E-state index contributed by atoms with van der Waals surface area (Å²) >= 11 is 0. The zero-order valence-corrected chi connectivity index (χ0v) is 12.4. The van der Waals surface area contributed by atoms with Gasteiger partial charge in [0.2, 0.25) is 0 Å². The summed E-state index contributed by atoms with van der Waals surface area (Å²) in [4.78, 5) is 0. The van der Waals surface area contributed by atoms with Gasteiger partial charge < -0.3 is 14.8 Å². The van der Waals surface area contributed by atoms with E-state index >= 15 is 0 Å². The Kier molecular flexibility index (Phi) is 8.26. The highest BCUT2D eigenvalue weighted by Crippen LogP contribution is 2.17. The van der Waals surface area contributed by atoms with Crippen LogP contribution in [0.5, 0.6) is 5.75 Å². The molecule has 0 radical (unpaired) electrons. The van der Waals surface area contributed by atoms with Gasteiger partial charge in [-0.15, -0.1) is 0 Å². The van der Waals surface area contributed by atoms with Gasteiger partial charge in [-0.3, -0.25) is 0 Å². The second-order valence-corrected chi connectivity index (χ2v) is 4.90. The predicted octanol–water partition coefficient (Wildman–Crippen LogP) is 2.89. The standard InChI is InChI=1S/C16H27NO2/c1-4-5-15(13-17-10-11-18-2)12-14-6-8-16(19-3)9-7-14/h6-9,15,17H,4-5,10-13H2,1-3H3. The molecule has 0 amide bonds. The normalized spacial score (nSPS) is 12.4. The molecule has 0 spiro atoms. The molecule has 1 aromatic rings. The third-order valence-corrected chi connectivity index (χ3v) is 3.30. The van der Waals surface area contributed by atoms with E-state index in [1.807, 2.05) is 12.1 Å². The third-order valence-electron chi connectivity index (χ3n) is 3.30. The van der Waals surface area contributed by atoms with Crippen LogP contribution in [0.2, 0.25) is 0 Å². The molecule has 3 nitrogen and oxygen atoms in total. The Labute approximate surface area is 117 Å². The fourth-order valence-corrected chi connectivity index (χ4v) is 2.26. The van der Waals surface area contributed by atoms with Crippen molar-refractivity contribution in [3.8, 4) is 5.75 Å². The van der Waals surface area contributed by atoms with E-state index in [1.54, 1.807) is 14.2 Å². The minimum atomic E-state index is 0.690. The van der Waals surface area contributed by atoms with Crippen LogP contribution in [0.25, 0.3) is 0 Å². The van der Waals surface area contributed by atoms with Crippen molar-refractivity contribution in [1.82, 2.24) is 5.32 Å². The number of benzene rings is 1. The Balaban J connectivity index is 2.42. The van der Waals surface area contributed by atoms with Gasteiger partial charge in [0.25, 0.3) is 0 Å². The van der Waals surface area contributed by atoms with Gasteiger partial charge in [-0.25, -0.2) is 0 Å². The Morgan fingerprint density at radius 2 is 1.89 bits per heavy atom. The van der Waals surface area contributed by atoms with E-state index in [4.69, 9.17) is 9.47 Å². The topological polar surface area (TPSA) is 30.5 Å². The molecule has 1 atom stereocenters. The molecule has 0 aliphatic heterocycles. The number of ether oxygens (including phenoxy) is 2. The summed E-state index contributed by atoms with van der Waals surface area (Å²) in [5, 5.41) is 3.46. The van der Waals surface area contributed by atoms with Gasteiger partial charge in [0, 0.05) is 13.7 Å². The van der Waals surface area contributed by atoms with Crippen LogP contribution < -0.4 is 10.1 Å². The quantitative estimate of drug-likeness (QED) is 0.660. The first kappa shape index (κ1) is 16.0. The average molecular weight is 265 g/mol. The van der Waals surface area contributed by atoms with Gasteiger partial charge >= 0.3 is 0 Å². The molecule has 1 unspecified atom stereocenters. The molecule has 1 N–H and O–H groups in total. The first-order chi connectivity index (χ1) is 9.30. The van der Waals surface area contributed by atoms with Gasteiger partial charge in [-0.1, -0.05) is 25.5 Å². The molecular weight excluding hydrogens is 238 g/mol. The molecule has 108 valence electrons. The van der Waals surface area contributed by atoms with Gasteiger partial charge in [0.1, 0.15) is 5.75 Å². The Hall–Kier alpha value is -1.06. The van der Waals surface area contributed by atoms with Crippen molar-refractivity contribution in [2.75, 3.05) is 33.9 Å². The highest BCUT2D eigenvalue weighted by atomic mass is 16.5. The molecule has 0 fully saturated rings. The smallest absolute Gasteiger partial charge is 0.118 e. The maximum atomic E-state index is 5.19.